The molecule has 2 aromatic rings. The number of carbonyl (C=O) groups is 2. The highest BCUT2D eigenvalue weighted by Gasteiger charge is 2.18. The number of carbonyl (C=O) groups excluding carboxylic acids is 2. The molecule has 5 nitrogen and oxygen atoms in total. The number of hydrogen-bond acceptors (Lipinski definition) is 6. The molecule has 1 fully saturated rings. The number of aromatic nitrogens is 1. The Balaban J connectivity index is 1.48. The molecule has 0 radical (unpaired) electrons. The van der Waals surface area contributed by atoms with Crippen molar-refractivity contribution in [3.05, 3.63) is 28.6 Å². The van der Waals surface area contributed by atoms with Gasteiger partial charge < -0.3 is 10.1 Å². The van der Waals surface area contributed by atoms with Crippen LogP contribution in [0.4, 0.5) is 0 Å². The number of thiazole rings is 1. The lowest BCUT2D eigenvalue weighted by Gasteiger charge is -2.22. The van der Waals surface area contributed by atoms with Crippen molar-refractivity contribution in [2.75, 3.05) is 6.61 Å². The van der Waals surface area contributed by atoms with Crippen LogP contribution in [0, 0.1) is 0 Å². The maximum absolute atomic E-state index is 12.0. The van der Waals surface area contributed by atoms with E-state index in [0.717, 1.165) is 35.6 Å². The molecule has 0 aromatic carbocycles. The minimum Gasteiger partial charge on any atom is -0.451 e. The molecule has 1 N–H and O–H groups in total. The van der Waals surface area contributed by atoms with Crippen molar-refractivity contribution in [2.45, 2.75) is 38.1 Å². The summed E-state index contributed by atoms with van der Waals surface area (Å²) in [6.45, 7) is -0.249. The Labute approximate surface area is 142 Å². The number of hydrogen-bond donors (Lipinski definition) is 1. The third-order valence-electron chi connectivity index (χ3n) is 3.75. The van der Waals surface area contributed by atoms with Gasteiger partial charge in [0.2, 0.25) is 0 Å². The average Bonchev–Trinajstić information content (AvgIpc) is 3.24. The molecular formula is C16H18N2O3S2. The Bertz CT molecular complexity index is 661. The van der Waals surface area contributed by atoms with Crippen molar-refractivity contribution in [3.63, 3.8) is 0 Å². The molecular weight excluding hydrogens is 332 g/mol. The lowest BCUT2D eigenvalue weighted by Crippen LogP contribution is -2.38. The van der Waals surface area contributed by atoms with E-state index in [9.17, 15) is 9.59 Å². The molecule has 0 atom stereocenters. The van der Waals surface area contributed by atoms with Gasteiger partial charge in [-0.2, -0.15) is 0 Å². The van der Waals surface area contributed by atoms with E-state index in [0.29, 0.717) is 0 Å². The van der Waals surface area contributed by atoms with Crippen LogP contribution in [0.15, 0.2) is 22.9 Å². The third kappa shape index (κ3) is 4.39. The second kappa shape index (κ2) is 7.70. The first-order valence-corrected chi connectivity index (χ1v) is 9.44. The number of nitrogens with one attached hydrogen (secondary N) is 1. The van der Waals surface area contributed by atoms with Gasteiger partial charge in [-0.15, -0.1) is 22.7 Å². The van der Waals surface area contributed by atoms with Gasteiger partial charge in [0.05, 0.1) is 4.88 Å². The Morgan fingerprint density at radius 2 is 2.09 bits per heavy atom. The summed E-state index contributed by atoms with van der Waals surface area (Å²) in [5.41, 5.74) is 0.254. The van der Waals surface area contributed by atoms with Crippen LogP contribution in [-0.2, 0) is 9.53 Å². The molecule has 7 heteroatoms. The zero-order valence-electron chi connectivity index (χ0n) is 12.6. The first-order valence-electron chi connectivity index (χ1n) is 7.68. The van der Waals surface area contributed by atoms with Crippen LogP contribution >= 0.6 is 22.7 Å². The maximum atomic E-state index is 12.0. The Hall–Kier alpha value is -1.73. The monoisotopic (exact) mass is 350 g/mol. The topological polar surface area (TPSA) is 68.3 Å². The summed E-state index contributed by atoms with van der Waals surface area (Å²) in [5.74, 6) is -0.790. The smallest absolute Gasteiger partial charge is 0.358 e. The number of amides is 1. The number of nitrogens with zero attached hydrogens (tertiary/aromatic N) is 1. The molecule has 0 aliphatic heterocycles. The number of ether oxygens (including phenoxy) is 1. The van der Waals surface area contributed by atoms with Crippen molar-refractivity contribution >= 4 is 34.6 Å². The molecule has 1 amide bonds. The predicted octanol–water partition coefficient (Wildman–Crippen LogP) is 3.48. The van der Waals surface area contributed by atoms with Gasteiger partial charge in [-0.1, -0.05) is 25.3 Å². The molecule has 3 rings (SSSR count). The molecule has 1 saturated carbocycles. The van der Waals surface area contributed by atoms with Crippen molar-refractivity contribution < 1.29 is 14.3 Å². The van der Waals surface area contributed by atoms with Gasteiger partial charge in [0, 0.05) is 11.4 Å². The average molecular weight is 350 g/mol. The summed E-state index contributed by atoms with van der Waals surface area (Å²) < 4.78 is 5.06. The molecule has 1 aliphatic rings. The Kier molecular flexibility index (Phi) is 5.40. The quantitative estimate of drug-likeness (QED) is 0.838. The fourth-order valence-corrected chi connectivity index (χ4v) is 4.21. The van der Waals surface area contributed by atoms with E-state index in [1.807, 2.05) is 17.5 Å². The van der Waals surface area contributed by atoms with Crippen LogP contribution in [-0.4, -0.2) is 29.5 Å². The van der Waals surface area contributed by atoms with Gasteiger partial charge in [-0.3, -0.25) is 4.79 Å². The van der Waals surface area contributed by atoms with Crippen molar-refractivity contribution in [1.82, 2.24) is 10.3 Å². The number of esters is 1. The molecule has 122 valence electrons. The normalized spacial score (nSPS) is 15.3. The Morgan fingerprint density at radius 1 is 1.26 bits per heavy atom. The first kappa shape index (κ1) is 16.1. The predicted molar refractivity (Wildman–Crippen MR) is 90.7 cm³/mol. The van der Waals surface area contributed by atoms with E-state index in [2.05, 4.69) is 10.3 Å². The van der Waals surface area contributed by atoms with Crippen LogP contribution in [0.25, 0.3) is 9.88 Å². The van der Waals surface area contributed by atoms with Crippen LogP contribution in [0.2, 0.25) is 0 Å². The molecule has 23 heavy (non-hydrogen) atoms. The van der Waals surface area contributed by atoms with Crippen molar-refractivity contribution in [2.24, 2.45) is 0 Å². The summed E-state index contributed by atoms with van der Waals surface area (Å²) in [5, 5.41) is 7.34. The molecule has 1 aliphatic carbocycles. The zero-order chi connectivity index (χ0) is 16.1. The summed E-state index contributed by atoms with van der Waals surface area (Å²) in [6.07, 6.45) is 5.55. The van der Waals surface area contributed by atoms with Crippen LogP contribution in [0.1, 0.15) is 42.6 Å². The molecule has 0 spiro atoms. The lowest BCUT2D eigenvalue weighted by molar-refractivity contribution is -0.125. The van der Waals surface area contributed by atoms with E-state index in [1.165, 1.54) is 17.8 Å². The molecule has 0 unspecified atom stereocenters. The van der Waals surface area contributed by atoms with Crippen molar-refractivity contribution in [3.8, 4) is 9.88 Å². The highest BCUT2D eigenvalue weighted by Crippen LogP contribution is 2.27. The van der Waals surface area contributed by atoms with Crippen LogP contribution in [0.5, 0.6) is 0 Å². The van der Waals surface area contributed by atoms with E-state index in [-0.39, 0.29) is 24.2 Å². The standard InChI is InChI=1S/C16H18N2O3S2/c19-14(17-11-5-2-1-3-6-11)9-21-16(20)12-10-23-15(18-12)13-7-4-8-22-13/h4,7-8,10-11H,1-3,5-6,9H2,(H,17,19). The van der Waals surface area contributed by atoms with Gasteiger partial charge >= 0.3 is 5.97 Å². The minimum atomic E-state index is -0.553. The Morgan fingerprint density at radius 3 is 2.83 bits per heavy atom. The highest BCUT2D eigenvalue weighted by atomic mass is 32.1. The van der Waals surface area contributed by atoms with Gasteiger partial charge in [0.15, 0.2) is 12.3 Å². The number of thiophene rings is 1. The van der Waals surface area contributed by atoms with Crippen molar-refractivity contribution in [1.29, 1.82) is 0 Å². The first-order chi connectivity index (χ1) is 11.2. The van der Waals surface area contributed by atoms with Gasteiger partial charge in [-0.25, -0.2) is 9.78 Å². The second-order valence-electron chi connectivity index (χ2n) is 5.49. The van der Waals surface area contributed by atoms with Crippen LogP contribution < -0.4 is 5.32 Å². The largest absolute Gasteiger partial charge is 0.451 e. The van der Waals surface area contributed by atoms with E-state index in [4.69, 9.17) is 4.74 Å². The molecule has 0 bridgehead atoms. The lowest BCUT2D eigenvalue weighted by atomic mass is 9.95. The summed E-state index contributed by atoms with van der Waals surface area (Å²) in [4.78, 5) is 29.1. The minimum absolute atomic E-state index is 0.222. The SMILES string of the molecule is O=C(COC(=O)c1csc(-c2cccs2)n1)NC1CCCCC1. The highest BCUT2D eigenvalue weighted by molar-refractivity contribution is 7.20. The maximum Gasteiger partial charge on any atom is 0.358 e. The van der Waals surface area contributed by atoms with E-state index >= 15 is 0 Å². The summed E-state index contributed by atoms with van der Waals surface area (Å²) in [7, 11) is 0. The summed E-state index contributed by atoms with van der Waals surface area (Å²) in [6, 6.07) is 4.12. The fourth-order valence-electron chi connectivity index (χ4n) is 2.60. The van der Waals surface area contributed by atoms with Gasteiger partial charge in [0.25, 0.3) is 5.91 Å². The number of rotatable bonds is 5. The van der Waals surface area contributed by atoms with E-state index in [1.54, 1.807) is 16.7 Å². The molecule has 2 aromatic heterocycles. The zero-order valence-corrected chi connectivity index (χ0v) is 14.3. The fraction of sp³-hybridized carbons (Fsp3) is 0.438. The van der Waals surface area contributed by atoms with Gasteiger partial charge in [-0.05, 0) is 24.3 Å². The molecule has 2 heterocycles. The summed E-state index contributed by atoms with van der Waals surface area (Å²) >= 11 is 2.97. The van der Waals surface area contributed by atoms with E-state index < -0.39 is 5.97 Å². The van der Waals surface area contributed by atoms with Gasteiger partial charge in [0.1, 0.15) is 5.01 Å². The van der Waals surface area contributed by atoms with Crippen LogP contribution in [0.3, 0.4) is 0 Å². The third-order valence-corrected chi connectivity index (χ3v) is 5.63. The second-order valence-corrected chi connectivity index (χ2v) is 7.30. The molecule has 0 saturated heterocycles.